The van der Waals surface area contributed by atoms with Crippen molar-refractivity contribution < 1.29 is 23.5 Å². The molecule has 0 saturated heterocycles. The zero-order valence-electron chi connectivity index (χ0n) is 16.8. The monoisotopic (exact) mass is 406 g/mol. The van der Waals surface area contributed by atoms with E-state index in [0.29, 0.717) is 35.1 Å². The third kappa shape index (κ3) is 4.30. The van der Waals surface area contributed by atoms with Crippen molar-refractivity contribution in [2.24, 2.45) is 0 Å². The number of nitrogens with one attached hydrogen (secondary N) is 1. The van der Waals surface area contributed by atoms with Crippen molar-refractivity contribution in [3.8, 4) is 11.5 Å². The highest BCUT2D eigenvalue weighted by atomic mass is 16.7. The number of ether oxygens (including phenoxy) is 2. The number of nitrogens with zero attached hydrogens (tertiary/aromatic N) is 1. The van der Waals surface area contributed by atoms with Gasteiger partial charge in [-0.2, -0.15) is 0 Å². The lowest BCUT2D eigenvalue weighted by molar-refractivity contribution is -0.115. The molecule has 7 nitrogen and oxygen atoms in total. The van der Waals surface area contributed by atoms with Gasteiger partial charge in [0, 0.05) is 18.3 Å². The van der Waals surface area contributed by atoms with Crippen molar-refractivity contribution >= 4 is 17.5 Å². The lowest BCUT2D eigenvalue weighted by Gasteiger charge is -2.17. The molecule has 0 aliphatic carbocycles. The third-order valence-corrected chi connectivity index (χ3v) is 4.88. The smallest absolute Gasteiger partial charge is 0.254 e. The average molecular weight is 406 g/mol. The highest BCUT2D eigenvalue weighted by Gasteiger charge is 2.17. The maximum atomic E-state index is 12.8. The average Bonchev–Trinajstić information content (AvgIpc) is 3.40. The number of rotatable bonds is 6. The van der Waals surface area contributed by atoms with E-state index in [0.717, 1.165) is 11.1 Å². The highest BCUT2D eigenvalue weighted by Crippen LogP contribution is 2.32. The number of aryl methyl sites for hydroxylation is 1. The van der Waals surface area contributed by atoms with Gasteiger partial charge in [-0.25, -0.2) is 0 Å². The van der Waals surface area contributed by atoms with E-state index in [9.17, 15) is 9.59 Å². The molecule has 30 heavy (non-hydrogen) atoms. The molecule has 154 valence electrons. The lowest BCUT2D eigenvalue weighted by Crippen LogP contribution is -2.26. The molecule has 1 N–H and O–H groups in total. The molecule has 3 aromatic rings. The van der Waals surface area contributed by atoms with Crippen LogP contribution in [0.5, 0.6) is 11.5 Å². The van der Waals surface area contributed by atoms with E-state index in [4.69, 9.17) is 13.9 Å². The summed E-state index contributed by atoms with van der Waals surface area (Å²) in [5.74, 6) is 1.70. The zero-order valence-corrected chi connectivity index (χ0v) is 16.8. The number of anilines is 1. The Labute approximate surface area is 174 Å². The van der Waals surface area contributed by atoms with Crippen molar-refractivity contribution in [3.05, 3.63) is 77.2 Å². The maximum absolute atomic E-state index is 12.8. The molecule has 0 saturated carbocycles. The Morgan fingerprint density at radius 2 is 1.90 bits per heavy atom. The van der Waals surface area contributed by atoms with Gasteiger partial charge >= 0.3 is 0 Å². The van der Waals surface area contributed by atoms with E-state index >= 15 is 0 Å². The van der Waals surface area contributed by atoms with E-state index in [1.807, 2.05) is 25.1 Å². The lowest BCUT2D eigenvalue weighted by atomic mass is 10.1. The van der Waals surface area contributed by atoms with Gasteiger partial charge in [0.1, 0.15) is 5.76 Å². The summed E-state index contributed by atoms with van der Waals surface area (Å²) in [6, 6.07) is 14.3. The summed E-state index contributed by atoms with van der Waals surface area (Å²) in [5.41, 5.74) is 2.80. The van der Waals surface area contributed by atoms with E-state index in [-0.39, 0.29) is 25.0 Å². The molecule has 0 unspecified atom stereocenters. The number of hydrogen-bond donors (Lipinski definition) is 1. The van der Waals surface area contributed by atoms with Crippen LogP contribution in [0.4, 0.5) is 5.69 Å². The van der Waals surface area contributed by atoms with Crippen LogP contribution in [0.3, 0.4) is 0 Å². The van der Waals surface area contributed by atoms with Crippen LogP contribution in [0.15, 0.2) is 59.2 Å². The minimum Gasteiger partial charge on any atom is -0.467 e. The number of carbonyl (C=O) groups excluding carboxylic acids is 2. The van der Waals surface area contributed by atoms with Crippen LogP contribution in [0.25, 0.3) is 0 Å². The minimum atomic E-state index is -0.175. The van der Waals surface area contributed by atoms with Crippen molar-refractivity contribution in [3.63, 3.8) is 0 Å². The summed E-state index contributed by atoms with van der Waals surface area (Å²) in [6.45, 7) is 2.45. The van der Waals surface area contributed by atoms with E-state index < -0.39 is 0 Å². The van der Waals surface area contributed by atoms with Crippen LogP contribution in [-0.4, -0.2) is 30.6 Å². The fraction of sp³-hybridized carbons (Fsp3) is 0.217. The van der Waals surface area contributed by atoms with Crippen LogP contribution in [-0.2, 0) is 17.8 Å². The fourth-order valence-corrected chi connectivity index (χ4v) is 3.25. The van der Waals surface area contributed by atoms with Crippen molar-refractivity contribution in [1.82, 2.24) is 4.90 Å². The Bertz CT molecular complexity index is 1080. The Kier molecular flexibility index (Phi) is 5.43. The second kappa shape index (κ2) is 8.32. The molecule has 0 fully saturated rings. The van der Waals surface area contributed by atoms with Crippen LogP contribution in [0.2, 0.25) is 0 Å². The topological polar surface area (TPSA) is 81.0 Å². The summed E-state index contributed by atoms with van der Waals surface area (Å²) in [6.07, 6.45) is 1.76. The first-order valence-electron chi connectivity index (χ1n) is 9.56. The Balaban J connectivity index is 1.43. The molecular weight excluding hydrogens is 384 g/mol. The van der Waals surface area contributed by atoms with Gasteiger partial charge in [0.15, 0.2) is 11.5 Å². The number of carbonyl (C=O) groups is 2. The molecule has 1 aliphatic rings. The number of fused-ring (bicyclic) bond motifs is 1. The molecule has 1 aliphatic heterocycles. The summed E-state index contributed by atoms with van der Waals surface area (Å²) >= 11 is 0. The number of furan rings is 1. The standard InChI is InChI=1S/C23H22N2O5/c1-15-5-7-17(23(27)25(2)13-18-4-3-9-28-18)12-19(15)24-22(26)11-16-6-8-20-21(10-16)30-14-29-20/h3-10,12H,11,13-14H2,1-2H3,(H,24,26). The molecule has 2 heterocycles. The summed E-state index contributed by atoms with van der Waals surface area (Å²) in [7, 11) is 1.71. The largest absolute Gasteiger partial charge is 0.467 e. The fourth-order valence-electron chi connectivity index (χ4n) is 3.25. The van der Waals surface area contributed by atoms with Gasteiger partial charge in [0.2, 0.25) is 12.7 Å². The van der Waals surface area contributed by atoms with Gasteiger partial charge in [-0.05, 0) is 54.4 Å². The van der Waals surface area contributed by atoms with Crippen molar-refractivity contribution in [2.45, 2.75) is 19.9 Å². The molecule has 0 atom stereocenters. The van der Waals surface area contributed by atoms with Gasteiger partial charge in [0.25, 0.3) is 5.91 Å². The maximum Gasteiger partial charge on any atom is 0.254 e. The highest BCUT2D eigenvalue weighted by molar-refractivity contribution is 5.98. The molecule has 2 aromatic carbocycles. The van der Waals surface area contributed by atoms with Gasteiger partial charge < -0.3 is 24.1 Å². The first kappa shape index (κ1) is 19.6. The first-order valence-corrected chi connectivity index (χ1v) is 9.56. The molecule has 4 rings (SSSR count). The van der Waals surface area contributed by atoms with Crippen LogP contribution in [0.1, 0.15) is 27.2 Å². The molecule has 1 aromatic heterocycles. The Morgan fingerprint density at radius 1 is 1.07 bits per heavy atom. The molecule has 0 radical (unpaired) electrons. The van der Waals surface area contributed by atoms with Gasteiger partial charge in [-0.3, -0.25) is 9.59 Å². The number of amides is 2. The van der Waals surface area contributed by atoms with Crippen LogP contribution < -0.4 is 14.8 Å². The second-order valence-corrected chi connectivity index (χ2v) is 7.18. The van der Waals surface area contributed by atoms with E-state index in [1.54, 1.807) is 48.5 Å². The molecular formula is C23H22N2O5. The first-order chi connectivity index (χ1) is 14.5. The third-order valence-electron chi connectivity index (χ3n) is 4.88. The zero-order chi connectivity index (χ0) is 21.1. The summed E-state index contributed by atoms with van der Waals surface area (Å²) in [4.78, 5) is 26.9. The van der Waals surface area contributed by atoms with Crippen LogP contribution in [0, 0.1) is 6.92 Å². The minimum absolute atomic E-state index is 0.155. The Hall–Kier alpha value is -3.74. The summed E-state index contributed by atoms with van der Waals surface area (Å²) in [5, 5.41) is 2.91. The quantitative estimate of drug-likeness (QED) is 0.674. The van der Waals surface area contributed by atoms with Crippen molar-refractivity contribution in [1.29, 1.82) is 0 Å². The molecule has 0 bridgehead atoms. The SMILES string of the molecule is Cc1ccc(C(=O)N(C)Cc2ccco2)cc1NC(=O)Cc1ccc2c(c1)OCO2. The second-order valence-electron chi connectivity index (χ2n) is 7.18. The molecule has 2 amide bonds. The van der Waals surface area contributed by atoms with Gasteiger partial charge in [0.05, 0.1) is 19.2 Å². The normalized spacial score (nSPS) is 11.9. The molecule has 0 spiro atoms. The number of hydrogen-bond acceptors (Lipinski definition) is 5. The van der Waals surface area contributed by atoms with E-state index in [1.165, 1.54) is 0 Å². The Morgan fingerprint density at radius 3 is 2.70 bits per heavy atom. The van der Waals surface area contributed by atoms with E-state index in [2.05, 4.69) is 5.32 Å². The number of benzene rings is 2. The van der Waals surface area contributed by atoms with Crippen LogP contribution >= 0.6 is 0 Å². The molecule has 7 heteroatoms. The van der Waals surface area contributed by atoms with Gasteiger partial charge in [-0.15, -0.1) is 0 Å². The summed E-state index contributed by atoms with van der Waals surface area (Å²) < 4.78 is 16.0. The predicted molar refractivity (Wildman–Crippen MR) is 111 cm³/mol. The van der Waals surface area contributed by atoms with Gasteiger partial charge in [-0.1, -0.05) is 12.1 Å². The van der Waals surface area contributed by atoms with Crippen molar-refractivity contribution in [2.75, 3.05) is 19.2 Å². The predicted octanol–water partition coefficient (Wildman–Crippen LogP) is 3.77.